The molecule has 2 aromatic rings. The third-order valence-electron chi connectivity index (χ3n) is 2.61. The van der Waals surface area contributed by atoms with Crippen LogP contribution in [0, 0.1) is 18.3 Å². The lowest BCUT2D eigenvalue weighted by Crippen LogP contribution is -2.06. The highest BCUT2D eigenvalue weighted by atomic mass is 19.3. The third-order valence-corrected chi connectivity index (χ3v) is 2.61. The second kappa shape index (κ2) is 6.61. The Morgan fingerprint density at radius 2 is 2.14 bits per heavy atom. The first-order valence-corrected chi connectivity index (χ1v) is 6.10. The van der Waals surface area contributed by atoms with Gasteiger partial charge in [0.25, 0.3) is 0 Å². The van der Waals surface area contributed by atoms with Gasteiger partial charge in [-0.3, -0.25) is 4.98 Å². The van der Waals surface area contributed by atoms with Crippen molar-refractivity contribution in [2.24, 2.45) is 0 Å². The fourth-order valence-corrected chi connectivity index (χ4v) is 1.64. The monoisotopic (exact) mass is 290 g/mol. The van der Waals surface area contributed by atoms with E-state index in [1.54, 1.807) is 18.2 Å². The Morgan fingerprint density at radius 3 is 2.76 bits per heavy atom. The summed E-state index contributed by atoms with van der Waals surface area (Å²) < 4.78 is 28.2. The molecule has 0 atom stereocenters. The smallest absolute Gasteiger partial charge is 0.387 e. The molecule has 2 aromatic heterocycles. The van der Waals surface area contributed by atoms with Crippen molar-refractivity contribution in [1.29, 1.82) is 5.26 Å². The van der Waals surface area contributed by atoms with Crippen LogP contribution in [0.15, 0.2) is 30.5 Å². The van der Waals surface area contributed by atoms with Gasteiger partial charge in [-0.15, -0.1) is 0 Å². The van der Waals surface area contributed by atoms with E-state index >= 15 is 0 Å². The minimum absolute atomic E-state index is 0.000134. The maximum atomic E-state index is 12.0. The number of pyridine rings is 2. The van der Waals surface area contributed by atoms with Crippen molar-refractivity contribution < 1.29 is 13.5 Å². The normalized spacial score (nSPS) is 10.2. The minimum Gasteiger partial charge on any atom is -0.433 e. The van der Waals surface area contributed by atoms with Gasteiger partial charge < -0.3 is 10.1 Å². The van der Waals surface area contributed by atoms with E-state index in [-0.39, 0.29) is 5.75 Å². The van der Waals surface area contributed by atoms with Crippen molar-refractivity contribution >= 4 is 5.82 Å². The number of hydrogen-bond acceptors (Lipinski definition) is 5. The van der Waals surface area contributed by atoms with Crippen LogP contribution in [0.1, 0.15) is 17.0 Å². The maximum absolute atomic E-state index is 12.0. The van der Waals surface area contributed by atoms with Crippen molar-refractivity contribution in [2.75, 3.05) is 5.32 Å². The van der Waals surface area contributed by atoms with Gasteiger partial charge in [0.15, 0.2) is 0 Å². The molecule has 21 heavy (non-hydrogen) atoms. The van der Waals surface area contributed by atoms with E-state index < -0.39 is 6.61 Å². The average molecular weight is 290 g/mol. The van der Waals surface area contributed by atoms with Gasteiger partial charge in [-0.05, 0) is 31.2 Å². The van der Waals surface area contributed by atoms with Crippen molar-refractivity contribution in [2.45, 2.75) is 20.1 Å². The Balaban J connectivity index is 2.03. The van der Waals surface area contributed by atoms with Crippen molar-refractivity contribution in [3.05, 3.63) is 47.4 Å². The molecular formula is C14H12F2N4O. The molecule has 0 aliphatic heterocycles. The summed E-state index contributed by atoms with van der Waals surface area (Å²) in [5.74, 6) is 0.465. The van der Waals surface area contributed by atoms with Crippen LogP contribution in [0.2, 0.25) is 0 Å². The summed E-state index contributed by atoms with van der Waals surface area (Å²) in [5.41, 5.74) is 1.83. The zero-order chi connectivity index (χ0) is 15.2. The van der Waals surface area contributed by atoms with Gasteiger partial charge in [0.1, 0.15) is 17.6 Å². The molecule has 0 fully saturated rings. The summed E-state index contributed by atoms with van der Waals surface area (Å²) >= 11 is 0. The number of aryl methyl sites for hydroxylation is 1. The van der Waals surface area contributed by atoms with E-state index in [9.17, 15) is 8.78 Å². The molecule has 0 amide bonds. The summed E-state index contributed by atoms with van der Waals surface area (Å²) in [6.07, 6.45) is 1.22. The average Bonchev–Trinajstić information content (AvgIpc) is 2.46. The molecule has 108 valence electrons. The molecule has 0 aliphatic rings. The summed E-state index contributed by atoms with van der Waals surface area (Å²) in [4.78, 5) is 8.22. The number of nitrogens with zero attached hydrogens (tertiary/aromatic N) is 3. The molecule has 0 saturated heterocycles. The molecule has 0 unspecified atom stereocenters. The number of alkyl halides is 2. The zero-order valence-corrected chi connectivity index (χ0v) is 11.2. The van der Waals surface area contributed by atoms with Gasteiger partial charge in [-0.1, -0.05) is 0 Å². The summed E-state index contributed by atoms with van der Waals surface area (Å²) in [5, 5.41) is 12.0. The summed E-state index contributed by atoms with van der Waals surface area (Å²) in [6.45, 7) is -0.730. The fraction of sp³-hybridized carbons (Fsp3) is 0.214. The second-order valence-corrected chi connectivity index (χ2v) is 4.18. The van der Waals surface area contributed by atoms with Gasteiger partial charge >= 0.3 is 6.61 Å². The Kier molecular flexibility index (Phi) is 4.61. The van der Waals surface area contributed by atoms with Gasteiger partial charge in [0.05, 0.1) is 24.0 Å². The Morgan fingerprint density at radius 1 is 1.33 bits per heavy atom. The number of hydrogen-bond donors (Lipinski definition) is 1. The largest absolute Gasteiger partial charge is 0.433 e. The molecule has 0 radical (unpaired) electrons. The Labute approximate surface area is 120 Å². The third kappa shape index (κ3) is 4.11. The number of halogens is 2. The van der Waals surface area contributed by atoms with Crippen LogP contribution < -0.4 is 10.1 Å². The van der Waals surface area contributed by atoms with E-state index in [1.807, 2.05) is 13.0 Å². The predicted molar refractivity (Wildman–Crippen MR) is 71.9 cm³/mol. The highest BCUT2D eigenvalue weighted by Gasteiger charge is 2.06. The molecule has 0 saturated carbocycles. The van der Waals surface area contributed by atoms with Crippen LogP contribution >= 0.6 is 0 Å². The van der Waals surface area contributed by atoms with E-state index in [1.165, 1.54) is 12.3 Å². The van der Waals surface area contributed by atoms with E-state index in [4.69, 9.17) is 5.26 Å². The van der Waals surface area contributed by atoms with E-state index in [0.717, 1.165) is 5.69 Å². The number of nitriles is 1. The first-order chi connectivity index (χ1) is 10.1. The lowest BCUT2D eigenvalue weighted by Gasteiger charge is -2.08. The van der Waals surface area contributed by atoms with E-state index in [2.05, 4.69) is 20.0 Å². The summed E-state index contributed by atoms with van der Waals surface area (Å²) in [7, 11) is 0. The molecule has 0 bridgehead atoms. The first-order valence-electron chi connectivity index (χ1n) is 6.10. The van der Waals surface area contributed by atoms with Crippen LogP contribution in [0.4, 0.5) is 14.6 Å². The number of aromatic nitrogens is 2. The Hall–Kier alpha value is -2.75. The van der Waals surface area contributed by atoms with Crippen molar-refractivity contribution in [3.8, 4) is 11.8 Å². The van der Waals surface area contributed by atoms with Crippen molar-refractivity contribution in [3.63, 3.8) is 0 Å². The van der Waals surface area contributed by atoms with Crippen LogP contribution in [-0.2, 0) is 6.54 Å². The van der Waals surface area contributed by atoms with Crippen molar-refractivity contribution in [1.82, 2.24) is 9.97 Å². The number of anilines is 1. The fourth-order valence-electron chi connectivity index (χ4n) is 1.64. The molecular weight excluding hydrogens is 278 g/mol. The topological polar surface area (TPSA) is 70.8 Å². The quantitative estimate of drug-likeness (QED) is 0.916. The molecule has 1 N–H and O–H groups in total. The van der Waals surface area contributed by atoms with E-state index in [0.29, 0.717) is 23.6 Å². The number of ether oxygens (including phenoxy) is 1. The molecule has 5 nitrogen and oxygen atoms in total. The van der Waals surface area contributed by atoms with Gasteiger partial charge in [0, 0.05) is 5.69 Å². The van der Waals surface area contributed by atoms with Crippen LogP contribution in [0.5, 0.6) is 5.75 Å². The molecule has 0 spiro atoms. The maximum Gasteiger partial charge on any atom is 0.387 e. The van der Waals surface area contributed by atoms with Crippen LogP contribution in [-0.4, -0.2) is 16.6 Å². The zero-order valence-electron chi connectivity index (χ0n) is 11.2. The highest BCUT2D eigenvalue weighted by molar-refractivity contribution is 5.52. The number of nitrogens with one attached hydrogen (secondary N) is 1. The molecule has 2 rings (SSSR count). The number of rotatable bonds is 5. The minimum atomic E-state index is -2.87. The van der Waals surface area contributed by atoms with Gasteiger partial charge in [-0.2, -0.15) is 14.0 Å². The lowest BCUT2D eigenvalue weighted by atomic mass is 10.2. The molecule has 7 heteroatoms. The summed E-state index contributed by atoms with van der Waals surface area (Å²) in [6, 6.07) is 8.44. The van der Waals surface area contributed by atoms with Gasteiger partial charge in [-0.25, -0.2) is 4.98 Å². The molecule has 2 heterocycles. The van der Waals surface area contributed by atoms with Gasteiger partial charge in [0.2, 0.25) is 0 Å². The lowest BCUT2D eigenvalue weighted by molar-refractivity contribution is -0.0500. The molecule has 0 aliphatic carbocycles. The second-order valence-electron chi connectivity index (χ2n) is 4.18. The standard InChI is InChI=1S/C14H12F2N4O/c1-9-2-3-10(6-17)13(20-9)19-7-11-4-5-12(8-18-11)21-14(15)16/h2-5,8,14H,7H2,1H3,(H,19,20). The first kappa shape index (κ1) is 14.7. The highest BCUT2D eigenvalue weighted by Crippen LogP contribution is 2.15. The predicted octanol–water partition coefficient (Wildman–Crippen LogP) is 2.87. The molecule has 0 aromatic carbocycles. The SMILES string of the molecule is Cc1ccc(C#N)c(NCc2ccc(OC(F)F)cn2)n1. The van der Waals surface area contributed by atoms with Crippen LogP contribution in [0.3, 0.4) is 0 Å². The van der Waals surface area contributed by atoms with Crippen LogP contribution in [0.25, 0.3) is 0 Å². The Bertz CT molecular complexity index is 653.